The van der Waals surface area contributed by atoms with Gasteiger partial charge in [0.2, 0.25) is 0 Å². The van der Waals surface area contributed by atoms with Crippen LogP contribution in [0.1, 0.15) is 63.1 Å². The van der Waals surface area contributed by atoms with Crippen molar-refractivity contribution in [1.29, 1.82) is 0 Å². The maximum Gasteiger partial charge on any atom is 0.0330 e. The van der Waals surface area contributed by atoms with Crippen LogP contribution >= 0.6 is 11.3 Å². The summed E-state index contributed by atoms with van der Waals surface area (Å²) in [5.74, 6) is 0. The van der Waals surface area contributed by atoms with Gasteiger partial charge in [-0.05, 0) is 49.8 Å². The third kappa shape index (κ3) is 3.52. The summed E-state index contributed by atoms with van der Waals surface area (Å²) in [4.78, 5) is 5.76. The fourth-order valence-corrected chi connectivity index (χ4v) is 4.98. The third-order valence-corrected chi connectivity index (χ3v) is 6.63. The molecule has 0 amide bonds. The predicted octanol–water partition coefficient (Wildman–Crippen LogP) is 4.15. The van der Waals surface area contributed by atoms with Gasteiger partial charge in [-0.1, -0.05) is 27.7 Å². The first-order valence-electron chi connectivity index (χ1n) is 8.55. The van der Waals surface area contributed by atoms with Crippen LogP contribution in [-0.4, -0.2) is 29.6 Å². The number of nitrogens with zero attached hydrogens (tertiary/aromatic N) is 1. The molecule has 21 heavy (non-hydrogen) atoms. The van der Waals surface area contributed by atoms with Gasteiger partial charge in [-0.25, -0.2) is 0 Å². The van der Waals surface area contributed by atoms with Crippen LogP contribution in [0.5, 0.6) is 0 Å². The van der Waals surface area contributed by atoms with Crippen molar-refractivity contribution in [3.05, 3.63) is 21.9 Å². The Hall–Kier alpha value is -0.380. The zero-order chi connectivity index (χ0) is 15.0. The summed E-state index contributed by atoms with van der Waals surface area (Å²) >= 11 is 2.01. The van der Waals surface area contributed by atoms with E-state index in [2.05, 4.69) is 50.0 Å². The lowest BCUT2D eigenvalue weighted by Gasteiger charge is -2.37. The standard InChI is InChI=1S/C18H30N2S/c1-5-20(15-10-13-6-7-14(11-15)19-13)12-16-8-9-17(21-16)18(2,3)4/h8-9,13-15,19H,5-7,10-12H2,1-4H3. The van der Waals surface area contributed by atoms with Gasteiger partial charge in [-0.3, -0.25) is 4.90 Å². The van der Waals surface area contributed by atoms with Crippen molar-refractivity contribution in [2.45, 2.75) is 83.5 Å². The number of hydrogen-bond acceptors (Lipinski definition) is 3. The Morgan fingerprint density at radius 2 is 1.86 bits per heavy atom. The zero-order valence-corrected chi connectivity index (χ0v) is 14.8. The SMILES string of the molecule is CCN(Cc1ccc(C(C)(C)C)s1)C1CC2CCC(C1)N2. The van der Waals surface area contributed by atoms with Crippen molar-refractivity contribution < 1.29 is 0 Å². The van der Waals surface area contributed by atoms with Crippen molar-refractivity contribution >= 4 is 11.3 Å². The Bertz CT molecular complexity index is 462. The molecule has 0 spiro atoms. The Balaban J connectivity index is 1.66. The van der Waals surface area contributed by atoms with Crippen molar-refractivity contribution in [3.63, 3.8) is 0 Å². The third-order valence-electron chi connectivity index (χ3n) is 5.13. The molecule has 3 heteroatoms. The zero-order valence-electron chi connectivity index (χ0n) is 14.0. The number of hydrogen-bond donors (Lipinski definition) is 1. The monoisotopic (exact) mass is 306 g/mol. The van der Waals surface area contributed by atoms with Gasteiger partial charge < -0.3 is 5.32 Å². The molecule has 0 saturated carbocycles. The molecule has 1 aromatic rings. The van der Waals surface area contributed by atoms with Crippen molar-refractivity contribution in [1.82, 2.24) is 10.2 Å². The van der Waals surface area contributed by atoms with Gasteiger partial charge in [0.1, 0.15) is 0 Å². The van der Waals surface area contributed by atoms with Gasteiger partial charge in [0.15, 0.2) is 0 Å². The molecular weight excluding hydrogens is 276 g/mol. The second kappa shape index (κ2) is 6.02. The topological polar surface area (TPSA) is 15.3 Å². The molecule has 0 aromatic carbocycles. The lowest BCUT2D eigenvalue weighted by molar-refractivity contribution is 0.142. The minimum absolute atomic E-state index is 0.286. The lowest BCUT2D eigenvalue weighted by atomic mass is 9.95. The average molecular weight is 307 g/mol. The van der Waals surface area contributed by atoms with E-state index in [0.717, 1.165) is 24.7 Å². The highest BCUT2D eigenvalue weighted by atomic mass is 32.1. The summed E-state index contributed by atoms with van der Waals surface area (Å²) in [7, 11) is 0. The molecule has 2 aliphatic heterocycles. The Labute approximate surface area is 133 Å². The van der Waals surface area contributed by atoms with Gasteiger partial charge in [0.25, 0.3) is 0 Å². The summed E-state index contributed by atoms with van der Waals surface area (Å²) < 4.78 is 0. The van der Waals surface area contributed by atoms with Crippen LogP contribution in [0.3, 0.4) is 0 Å². The summed E-state index contributed by atoms with van der Waals surface area (Å²) in [5, 5.41) is 3.76. The molecule has 118 valence electrons. The van der Waals surface area contributed by atoms with Crippen LogP contribution in [0.2, 0.25) is 0 Å². The molecule has 2 nitrogen and oxygen atoms in total. The first kappa shape index (κ1) is 15.5. The molecule has 2 bridgehead atoms. The smallest absolute Gasteiger partial charge is 0.0330 e. The van der Waals surface area contributed by atoms with E-state index in [1.807, 2.05) is 11.3 Å². The van der Waals surface area contributed by atoms with E-state index < -0.39 is 0 Å². The summed E-state index contributed by atoms with van der Waals surface area (Å²) in [6.07, 6.45) is 5.49. The van der Waals surface area contributed by atoms with Crippen LogP contribution in [-0.2, 0) is 12.0 Å². The molecule has 2 unspecified atom stereocenters. The number of thiophene rings is 1. The van der Waals surface area contributed by atoms with Crippen molar-refractivity contribution in [2.75, 3.05) is 6.54 Å². The van der Waals surface area contributed by atoms with Crippen molar-refractivity contribution in [2.24, 2.45) is 0 Å². The molecule has 0 radical (unpaired) electrons. The van der Waals surface area contributed by atoms with Gasteiger partial charge in [0, 0.05) is 34.4 Å². The fraction of sp³-hybridized carbons (Fsp3) is 0.778. The maximum atomic E-state index is 3.76. The second-order valence-electron chi connectivity index (χ2n) is 7.84. The highest BCUT2D eigenvalue weighted by Gasteiger charge is 2.35. The first-order valence-corrected chi connectivity index (χ1v) is 9.36. The molecule has 2 atom stereocenters. The lowest BCUT2D eigenvalue weighted by Crippen LogP contribution is -2.47. The quantitative estimate of drug-likeness (QED) is 0.899. The predicted molar refractivity (Wildman–Crippen MR) is 92.1 cm³/mol. The Morgan fingerprint density at radius 3 is 2.38 bits per heavy atom. The van der Waals surface area contributed by atoms with Crippen LogP contribution < -0.4 is 5.32 Å². The molecule has 2 saturated heterocycles. The molecule has 1 N–H and O–H groups in total. The number of fused-ring (bicyclic) bond motifs is 2. The van der Waals surface area contributed by atoms with Gasteiger partial charge in [-0.15, -0.1) is 11.3 Å². The van der Waals surface area contributed by atoms with Crippen LogP contribution in [0, 0.1) is 0 Å². The molecule has 3 rings (SSSR count). The van der Waals surface area contributed by atoms with Gasteiger partial charge in [0.05, 0.1) is 0 Å². The molecule has 1 aromatic heterocycles. The van der Waals surface area contributed by atoms with E-state index in [0.29, 0.717) is 0 Å². The fourth-order valence-electron chi connectivity index (χ4n) is 3.89. The molecule has 3 heterocycles. The molecule has 0 aliphatic carbocycles. The van der Waals surface area contributed by atoms with Crippen LogP contribution in [0.4, 0.5) is 0 Å². The Morgan fingerprint density at radius 1 is 1.19 bits per heavy atom. The van der Waals surface area contributed by atoms with E-state index in [4.69, 9.17) is 0 Å². The van der Waals surface area contributed by atoms with E-state index >= 15 is 0 Å². The summed E-state index contributed by atoms with van der Waals surface area (Å²) in [6, 6.07) is 7.05. The van der Waals surface area contributed by atoms with Crippen LogP contribution in [0.15, 0.2) is 12.1 Å². The van der Waals surface area contributed by atoms with Gasteiger partial charge >= 0.3 is 0 Å². The van der Waals surface area contributed by atoms with E-state index in [9.17, 15) is 0 Å². The van der Waals surface area contributed by atoms with Crippen molar-refractivity contribution in [3.8, 4) is 0 Å². The number of rotatable bonds is 4. The Kier molecular flexibility index (Phi) is 4.45. The largest absolute Gasteiger partial charge is 0.311 e. The first-order chi connectivity index (χ1) is 9.95. The van der Waals surface area contributed by atoms with E-state index in [1.54, 1.807) is 0 Å². The van der Waals surface area contributed by atoms with Gasteiger partial charge in [-0.2, -0.15) is 0 Å². The van der Waals surface area contributed by atoms with E-state index in [-0.39, 0.29) is 5.41 Å². The minimum atomic E-state index is 0.286. The maximum absolute atomic E-state index is 3.76. The number of nitrogens with one attached hydrogen (secondary N) is 1. The molecule has 2 fully saturated rings. The van der Waals surface area contributed by atoms with Crippen LogP contribution in [0.25, 0.3) is 0 Å². The summed E-state index contributed by atoms with van der Waals surface area (Å²) in [6.45, 7) is 11.6. The summed E-state index contributed by atoms with van der Waals surface area (Å²) in [5.41, 5.74) is 0.286. The minimum Gasteiger partial charge on any atom is -0.311 e. The highest BCUT2D eigenvalue weighted by molar-refractivity contribution is 7.12. The average Bonchev–Trinajstić information content (AvgIpc) is 3.02. The number of piperidine rings is 1. The van der Waals surface area contributed by atoms with E-state index in [1.165, 1.54) is 42.0 Å². The molecule has 2 aliphatic rings. The molecular formula is C18H30N2S. The normalized spacial score (nSPS) is 29.3. The second-order valence-corrected chi connectivity index (χ2v) is 9.01. The highest BCUT2D eigenvalue weighted by Crippen LogP contribution is 2.33.